The fraction of sp³-hybridized carbons (Fsp3) is 0.167. The van der Waals surface area contributed by atoms with Crippen molar-refractivity contribution in [3.8, 4) is 17.4 Å². The summed E-state index contributed by atoms with van der Waals surface area (Å²) in [7, 11) is 1.60. The Hall–Kier alpha value is -3.35. The van der Waals surface area contributed by atoms with Crippen molar-refractivity contribution < 1.29 is 14.3 Å². The van der Waals surface area contributed by atoms with Crippen LogP contribution in [0.5, 0.6) is 17.4 Å². The van der Waals surface area contributed by atoms with E-state index in [2.05, 4.69) is 15.4 Å². The number of rotatable bonds is 6. The predicted molar refractivity (Wildman–Crippen MR) is 93.2 cm³/mol. The van der Waals surface area contributed by atoms with Crippen LogP contribution in [0.1, 0.15) is 17.3 Å². The molecule has 0 saturated carbocycles. The smallest absolute Gasteiger partial charge is 0.258 e. The lowest BCUT2D eigenvalue weighted by atomic mass is 10.3. The summed E-state index contributed by atoms with van der Waals surface area (Å²) in [6.07, 6.45) is 4.77. The molecule has 0 bridgehead atoms. The van der Waals surface area contributed by atoms with Crippen LogP contribution in [0, 0.1) is 0 Å². The molecule has 7 heteroatoms. The number of ether oxygens (including phenoxy) is 2. The minimum Gasteiger partial charge on any atom is -0.497 e. The molecule has 0 radical (unpaired) electrons. The topological polar surface area (TPSA) is 78.3 Å². The number of aromatic nitrogens is 3. The molecule has 0 aliphatic heterocycles. The molecule has 3 aromatic rings. The number of hydrogen-bond acceptors (Lipinski definition) is 5. The first-order chi connectivity index (χ1) is 12.2. The van der Waals surface area contributed by atoms with E-state index in [4.69, 9.17) is 9.47 Å². The summed E-state index contributed by atoms with van der Waals surface area (Å²) in [5.74, 6) is 1.51. The Balaban J connectivity index is 1.64. The van der Waals surface area contributed by atoms with E-state index in [1.807, 2.05) is 25.1 Å². The van der Waals surface area contributed by atoms with Crippen LogP contribution in [0.2, 0.25) is 0 Å². The second kappa shape index (κ2) is 7.48. The maximum absolute atomic E-state index is 12.2. The van der Waals surface area contributed by atoms with Crippen molar-refractivity contribution in [1.82, 2.24) is 14.8 Å². The normalized spacial score (nSPS) is 10.3. The molecule has 1 aromatic carbocycles. The number of anilines is 1. The van der Waals surface area contributed by atoms with Gasteiger partial charge < -0.3 is 14.8 Å². The van der Waals surface area contributed by atoms with Crippen LogP contribution < -0.4 is 14.8 Å². The van der Waals surface area contributed by atoms with Crippen molar-refractivity contribution in [2.75, 3.05) is 12.4 Å². The highest BCUT2D eigenvalue weighted by Crippen LogP contribution is 2.24. The molecule has 0 fully saturated rings. The molecule has 25 heavy (non-hydrogen) atoms. The lowest BCUT2D eigenvalue weighted by Gasteiger charge is -2.07. The van der Waals surface area contributed by atoms with Gasteiger partial charge in [0.25, 0.3) is 5.91 Å². The number of aryl methyl sites for hydroxylation is 1. The summed E-state index contributed by atoms with van der Waals surface area (Å²) in [6.45, 7) is 2.67. The summed E-state index contributed by atoms with van der Waals surface area (Å²) in [4.78, 5) is 16.4. The van der Waals surface area contributed by atoms with Crippen LogP contribution in [0.15, 0.2) is 55.0 Å². The van der Waals surface area contributed by atoms with E-state index in [0.29, 0.717) is 35.2 Å². The summed E-state index contributed by atoms with van der Waals surface area (Å²) in [5, 5.41) is 6.86. The van der Waals surface area contributed by atoms with E-state index in [0.717, 1.165) is 0 Å². The molecule has 0 aliphatic rings. The van der Waals surface area contributed by atoms with Crippen molar-refractivity contribution >= 4 is 11.6 Å². The zero-order chi connectivity index (χ0) is 17.6. The van der Waals surface area contributed by atoms with Gasteiger partial charge in [-0.2, -0.15) is 5.10 Å². The molecule has 2 aromatic heterocycles. The quantitative estimate of drug-likeness (QED) is 0.746. The van der Waals surface area contributed by atoms with E-state index in [9.17, 15) is 4.79 Å². The average Bonchev–Trinajstić information content (AvgIpc) is 3.13. The molecule has 0 unspecified atom stereocenters. The van der Waals surface area contributed by atoms with Crippen molar-refractivity contribution in [3.05, 3.63) is 60.6 Å². The largest absolute Gasteiger partial charge is 0.497 e. The summed E-state index contributed by atoms with van der Waals surface area (Å²) < 4.78 is 12.5. The van der Waals surface area contributed by atoms with Crippen molar-refractivity contribution in [2.24, 2.45) is 0 Å². The molecule has 1 amide bonds. The van der Waals surface area contributed by atoms with Crippen molar-refractivity contribution in [3.63, 3.8) is 0 Å². The van der Waals surface area contributed by atoms with Gasteiger partial charge in [0.05, 0.1) is 30.8 Å². The second-order valence-electron chi connectivity index (χ2n) is 5.20. The third-order valence-electron chi connectivity index (χ3n) is 3.48. The van der Waals surface area contributed by atoms with E-state index >= 15 is 0 Å². The fourth-order valence-electron chi connectivity index (χ4n) is 2.16. The third-order valence-corrected chi connectivity index (χ3v) is 3.48. The molecule has 0 aliphatic carbocycles. The van der Waals surface area contributed by atoms with Gasteiger partial charge in [0.15, 0.2) is 0 Å². The van der Waals surface area contributed by atoms with E-state index in [1.54, 1.807) is 36.2 Å². The van der Waals surface area contributed by atoms with Gasteiger partial charge in [0.2, 0.25) is 5.88 Å². The first-order valence-electron chi connectivity index (χ1n) is 7.79. The van der Waals surface area contributed by atoms with E-state index in [1.165, 1.54) is 12.4 Å². The van der Waals surface area contributed by atoms with Gasteiger partial charge in [-0.3, -0.25) is 9.48 Å². The Morgan fingerprint density at radius 2 is 2.04 bits per heavy atom. The van der Waals surface area contributed by atoms with Gasteiger partial charge in [0, 0.05) is 24.9 Å². The zero-order valence-electron chi connectivity index (χ0n) is 14.0. The zero-order valence-corrected chi connectivity index (χ0v) is 14.0. The molecule has 3 rings (SSSR count). The highest BCUT2D eigenvalue weighted by atomic mass is 16.5. The Bertz CT molecular complexity index is 859. The first kappa shape index (κ1) is 16.5. The van der Waals surface area contributed by atoms with Gasteiger partial charge in [-0.15, -0.1) is 0 Å². The molecule has 2 heterocycles. The maximum atomic E-state index is 12.2. The maximum Gasteiger partial charge on any atom is 0.258 e. The van der Waals surface area contributed by atoms with Crippen LogP contribution in [0.3, 0.4) is 0 Å². The standard InChI is InChI=1S/C18H18N4O3/c1-3-22-12-13(10-20-22)18(23)21-14-7-8-17(19-11-14)25-16-6-4-5-15(9-16)24-2/h4-12H,3H2,1-2H3,(H,21,23). The lowest BCUT2D eigenvalue weighted by molar-refractivity contribution is 0.102. The van der Waals surface area contributed by atoms with Crippen LogP contribution in [0.25, 0.3) is 0 Å². The Morgan fingerprint density at radius 1 is 1.20 bits per heavy atom. The molecule has 0 saturated heterocycles. The monoisotopic (exact) mass is 338 g/mol. The number of hydrogen-bond donors (Lipinski definition) is 1. The van der Waals surface area contributed by atoms with Crippen LogP contribution in [-0.2, 0) is 6.54 Å². The van der Waals surface area contributed by atoms with Crippen molar-refractivity contribution in [1.29, 1.82) is 0 Å². The third kappa shape index (κ3) is 4.14. The fourth-order valence-corrected chi connectivity index (χ4v) is 2.16. The van der Waals surface area contributed by atoms with E-state index < -0.39 is 0 Å². The molecule has 7 nitrogen and oxygen atoms in total. The molecule has 0 atom stereocenters. The van der Waals surface area contributed by atoms with Crippen LogP contribution >= 0.6 is 0 Å². The second-order valence-corrected chi connectivity index (χ2v) is 5.20. The van der Waals surface area contributed by atoms with Gasteiger partial charge >= 0.3 is 0 Å². The Morgan fingerprint density at radius 3 is 2.72 bits per heavy atom. The number of methoxy groups -OCH3 is 1. The molecular weight excluding hydrogens is 320 g/mol. The summed E-state index contributed by atoms with van der Waals surface area (Å²) >= 11 is 0. The van der Waals surface area contributed by atoms with Crippen LogP contribution in [0.4, 0.5) is 5.69 Å². The highest BCUT2D eigenvalue weighted by Gasteiger charge is 2.09. The number of pyridine rings is 1. The number of carbonyl (C=O) groups is 1. The number of nitrogens with zero attached hydrogens (tertiary/aromatic N) is 3. The van der Waals surface area contributed by atoms with E-state index in [-0.39, 0.29) is 5.91 Å². The Kier molecular flexibility index (Phi) is 4.94. The molecule has 0 spiro atoms. The lowest BCUT2D eigenvalue weighted by Crippen LogP contribution is -2.11. The Labute approximate surface area is 145 Å². The minimum absolute atomic E-state index is 0.233. The average molecular weight is 338 g/mol. The van der Waals surface area contributed by atoms with Gasteiger partial charge in [0.1, 0.15) is 11.5 Å². The van der Waals surface area contributed by atoms with Gasteiger partial charge in [-0.25, -0.2) is 4.98 Å². The molecule has 128 valence electrons. The number of nitrogens with one attached hydrogen (secondary N) is 1. The minimum atomic E-state index is -0.233. The van der Waals surface area contributed by atoms with Crippen molar-refractivity contribution in [2.45, 2.75) is 13.5 Å². The predicted octanol–water partition coefficient (Wildman–Crippen LogP) is 3.35. The first-order valence-corrected chi connectivity index (χ1v) is 7.79. The summed E-state index contributed by atoms with van der Waals surface area (Å²) in [6, 6.07) is 10.7. The van der Waals surface area contributed by atoms with Crippen LogP contribution in [-0.4, -0.2) is 27.8 Å². The number of carbonyl (C=O) groups excluding carboxylic acids is 1. The van der Waals surface area contributed by atoms with Gasteiger partial charge in [-0.05, 0) is 25.1 Å². The highest BCUT2D eigenvalue weighted by molar-refractivity contribution is 6.03. The molecule has 1 N–H and O–H groups in total. The number of amides is 1. The number of benzene rings is 1. The van der Waals surface area contributed by atoms with Gasteiger partial charge in [-0.1, -0.05) is 6.07 Å². The molecular formula is C18H18N4O3. The SMILES string of the molecule is CCn1cc(C(=O)Nc2ccc(Oc3cccc(OC)c3)nc2)cn1. The summed E-state index contributed by atoms with van der Waals surface area (Å²) in [5.41, 5.74) is 1.07.